The summed E-state index contributed by atoms with van der Waals surface area (Å²) in [6.07, 6.45) is 1.59. The number of hydroxylamine groups is 1. The molecule has 0 fully saturated rings. The second kappa shape index (κ2) is 9.02. The third kappa shape index (κ3) is 4.35. The first-order valence-corrected chi connectivity index (χ1v) is 10.4. The predicted molar refractivity (Wildman–Crippen MR) is 126 cm³/mol. The normalized spacial score (nSPS) is 11.6. The third-order valence-electron chi connectivity index (χ3n) is 5.24. The highest BCUT2D eigenvalue weighted by Gasteiger charge is 2.09. The van der Waals surface area contributed by atoms with Gasteiger partial charge in [-0.05, 0) is 48.0 Å². The summed E-state index contributed by atoms with van der Waals surface area (Å²) in [6.45, 7) is 0.372. The monoisotopic (exact) mass is 439 g/mol. The molecule has 5 aromatic rings. The number of nitrogens with zero attached hydrogens (tertiary/aromatic N) is 2. The van der Waals surface area contributed by atoms with E-state index in [-0.39, 0.29) is 0 Å². The molecule has 0 atom stereocenters. The minimum absolute atomic E-state index is 0.308. The van der Waals surface area contributed by atoms with Crippen molar-refractivity contribution >= 4 is 27.8 Å². The van der Waals surface area contributed by atoms with Crippen LogP contribution in [0.15, 0.2) is 94.5 Å². The van der Waals surface area contributed by atoms with Gasteiger partial charge in [-0.2, -0.15) is 0 Å². The number of ether oxygens (including phenoxy) is 2. The number of aromatic nitrogens is 1. The molecule has 0 aliphatic rings. The molecule has 0 amide bonds. The summed E-state index contributed by atoms with van der Waals surface area (Å²) >= 11 is 0. The van der Waals surface area contributed by atoms with Crippen LogP contribution >= 0.6 is 0 Å². The first-order chi connectivity index (χ1) is 16.2. The number of fused-ring (bicyclic) bond motifs is 3. The zero-order valence-corrected chi connectivity index (χ0v) is 17.9. The van der Waals surface area contributed by atoms with Crippen LogP contribution in [0, 0.1) is 0 Å². The van der Waals surface area contributed by atoms with Gasteiger partial charge in [-0.1, -0.05) is 30.3 Å². The Morgan fingerprint density at radius 2 is 1.82 bits per heavy atom. The van der Waals surface area contributed by atoms with Crippen LogP contribution in [0.5, 0.6) is 17.4 Å². The maximum atomic E-state index is 9.56. The number of amidine groups is 1. The summed E-state index contributed by atoms with van der Waals surface area (Å²) in [6, 6.07) is 24.7. The lowest BCUT2D eigenvalue weighted by molar-refractivity contribution is 0.234. The van der Waals surface area contributed by atoms with Gasteiger partial charge < -0.3 is 13.9 Å². The van der Waals surface area contributed by atoms with E-state index in [1.807, 2.05) is 66.7 Å². The van der Waals surface area contributed by atoms with E-state index < -0.39 is 0 Å². The highest BCUT2D eigenvalue weighted by atomic mass is 16.5. The Bertz CT molecular complexity index is 1440. The Kier molecular flexibility index (Phi) is 5.61. The molecule has 0 aliphatic carbocycles. The number of hydrogen-bond donors (Lipinski definition) is 2. The number of benzene rings is 3. The molecule has 33 heavy (non-hydrogen) atoms. The highest BCUT2D eigenvalue weighted by Crippen LogP contribution is 2.32. The summed E-state index contributed by atoms with van der Waals surface area (Å²) in [7, 11) is 1.62. The Morgan fingerprint density at radius 1 is 0.939 bits per heavy atom. The largest absolute Gasteiger partial charge is 0.497 e. The maximum Gasteiger partial charge on any atom is 0.219 e. The fraction of sp³-hybridized carbons (Fsp3) is 0.0769. The number of aliphatic imine (C=N–C) groups is 1. The van der Waals surface area contributed by atoms with Gasteiger partial charge in [0.2, 0.25) is 5.88 Å². The van der Waals surface area contributed by atoms with E-state index in [1.165, 1.54) is 0 Å². The second-order valence-electron chi connectivity index (χ2n) is 7.37. The van der Waals surface area contributed by atoms with Crippen LogP contribution in [0.3, 0.4) is 0 Å². The average Bonchev–Trinajstić information content (AvgIpc) is 3.23. The standard InChI is InChI=1S/C26H21N3O4/c1-31-19-6-4-5-17(13-19)15-28-26(29-30)18-9-12-25(27-16-18)32-20-10-11-24-22(14-20)21-7-2-3-8-23(21)33-24/h2-14,16,30H,15H2,1H3,(H,28,29). The molecular formula is C26H21N3O4. The fourth-order valence-corrected chi connectivity index (χ4v) is 3.60. The van der Waals surface area contributed by atoms with Crippen molar-refractivity contribution in [2.24, 2.45) is 4.99 Å². The quantitative estimate of drug-likeness (QED) is 0.200. The van der Waals surface area contributed by atoms with Gasteiger partial charge in [0.15, 0.2) is 5.84 Å². The maximum absolute atomic E-state index is 9.56. The van der Waals surface area contributed by atoms with Crippen LogP contribution in [0.2, 0.25) is 0 Å². The third-order valence-corrected chi connectivity index (χ3v) is 5.24. The van der Waals surface area contributed by atoms with Crippen molar-refractivity contribution in [2.45, 2.75) is 6.54 Å². The Hall–Kier alpha value is -4.36. The van der Waals surface area contributed by atoms with Gasteiger partial charge in [0, 0.05) is 28.6 Å². The van der Waals surface area contributed by atoms with Crippen LogP contribution < -0.4 is 15.0 Å². The molecule has 2 aromatic heterocycles. The molecule has 0 unspecified atom stereocenters. The zero-order chi connectivity index (χ0) is 22.6. The number of pyridine rings is 1. The molecule has 7 nitrogen and oxygen atoms in total. The minimum Gasteiger partial charge on any atom is -0.497 e. The Balaban J connectivity index is 1.33. The number of furan rings is 1. The molecule has 5 rings (SSSR count). The van der Waals surface area contributed by atoms with E-state index in [9.17, 15) is 5.21 Å². The molecule has 0 bridgehead atoms. The van der Waals surface area contributed by atoms with Crippen molar-refractivity contribution in [1.82, 2.24) is 10.5 Å². The predicted octanol–water partition coefficient (Wildman–Crippen LogP) is 5.71. The average molecular weight is 439 g/mol. The summed E-state index contributed by atoms with van der Waals surface area (Å²) < 4.78 is 17.0. The second-order valence-corrected chi connectivity index (χ2v) is 7.37. The van der Waals surface area contributed by atoms with E-state index in [1.54, 1.807) is 25.4 Å². The molecule has 7 heteroatoms. The molecule has 2 heterocycles. The van der Waals surface area contributed by atoms with Gasteiger partial charge in [0.05, 0.1) is 13.7 Å². The summed E-state index contributed by atoms with van der Waals surface area (Å²) in [5, 5.41) is 11.6. The molecule has 0 saturated carbocycles. The molecule has 0 saturated heterocycles. The molecule has 3 aromatic carbocycles. The Labute approximate surface area is 189 Å². The van der Waals surface area contributed by atoms with E-state index in [0.717, 1.165) is 33.3 Å². The van der Waals surface area contributed by atoms with Crippen molar-refractivity contribution in [3.63, 3.8) is 0 Å². The molecule has 2 N–H and O–H groups in total. The Morgan fingerprint density at radius 3 is 2.64 bits per heavy atom. The fourth-order valence-electron chi connectivity index (χ4n) is 3.60. The number of rotatable bonds is 6. The number of methoxy groups -OCH3 is 1. The summed E-state index contributed by atoms with van der Waals surface area (Å²) in [4.78, 5) is 8.80. The molecule has 164 valence electrons. The lowest BCUT2D eigenvalue weighted by Gasteiger charge is -2.08. The molecular weight excluding hydrogens is 418 g/mol. The topological polar surface area (TPSA) is 89.1 Å². The van der Waals surface area contributed by atoms with Crippen LogP contribution in [0.1, 0.15) is 11.1 Å². The minimum atomic E-state index is 0.308. The van der Waals surface area contributed by atoms with Gasteiger partial charge >= 0.3 is 0 Å². The van der Waals surface area contributed by atoms with E-state index >= 15 is 0 Å². The van der Waals surface area contributed by atoms with Crippen molar-refractivity contribution in [3.8, 4) is 17.4 Å². The number of nitrogens with one attached hydrogen (secondary N) is 1. The van der Waals surface area contributed by atoms with Gasteiger partial charge in [0.25, 0.3) is 0 Å². The highest BCUT2D eigenvalue weighted by molar-refractivity contribution is 6.05. The molecule has 0 spiro atoms. The van der Waals surface area contributed by atoms with Crippen molar-refractivity contribution in [1.29, 1.82) is 0 Å². The van der Waals surface area contributed by atoms with Gasteiger partial charge in [-0.3, -0.25) is 15.7 Å². The van der Waals surface area contributed by atoms with Gasteiger partial charge in [-0.25, -0.2) is 4.98 Å². The van der Waals surface area contributed by atoms with Gasteiger partial charge in [-0.15, -0.1) is 0 Å². The van der Waals surface area contributed by atoms with Crippen LogP contribution in [0.4, 0.5) is 0 Å². The van der Waals surface area contributed by atoms with Crippen LogP contribution in [-0.4, -0.2) is 23.1 Å². The SMILES string of the molecule is COc1cccc(CN=C(NO)c2ccc(Oc3ccc4oc5ccccc5c4c3)nc2)c1. The van der Waals surface area contributed by atoms with Crippen LogP contribution in [0.25, 0.3) is 21.9 Å². The van der Waals surface area contributed by atoms with Crippen molar-refractivity contribution in [3.05, 3.63) is 96.2 Å². The lowest BCUT2D eigenvalue weighted by atomic mass is 10.1. The van der Waals surface area contributed by atoms with Crippen molar-refractivity contribution in [2.75, 3.05) is 7.11 Å². The number of hydrogen-bond acceptors (Lipinski definition) is 6. The zero-order valence-electron chi connectivity index (χ0n) is 17.9. The first kappa shape index (κ1) is 20.5. The molecule has 0 aliphatic heterocycles. The first-order valence-electron chi connectivity index (χ1n) is 10.4. The van der Waals surface area contributed by atoms with E-state index in [4.69, 9.17) is 13.9 Å². The summed E-state index contributed by atoms with van der Waals surface area (Å²) in [5.41, 5.74) is 5.37. The van der Waals surface area contributed by atoms with E-state index in [2.05, 4.69) is 15.5 Å². The smallest absolute Gasteiger partial charge is 0.219 e. The molecule has 0 radical (unpaired) electrons. The van der Waals surface area contributed by atoms with Crippen molar-refractivity contribution < 1.29 is 19.1 Å². The number of para-hydroxylation sites is 1. The summed E-state index contributed by atoms with van der Waals surface area (Å²) in [5.74, 6) is 2.15. The van der Waals surface area contributed by atoms with Gasteiger partial charge in [0.1, 0.15) is 22.7 Å². The van der Waals surface area contributed by atoms with Crippen LogP contribution in [-0.2, 0) is 6.54 Å². The lowest BCUT2D eigenvalue weighted by Crippen LogP contribution is -2.20. The van der Waals surface area contributed by atoms with E-state index in [0.29, 0.717) is 29.6 Å².